The summed E-state index contributed by atoms with van der Waals surface area (Å²) in [5.74, 6) is -0.0840. The van der Waals surface area contributed by atoms with Crippen LogP contribution in [0.4, 0.5) is 0 Å². The van der Waals surface area contributed by atoms with E-state index in [2.05, 4.69) is 15.8 Å². The van der Waals surface area contributed by atoms with Gasteiger partial charge in [0, 0.05) is 29.6 Å². The van der Waals surface area contributed by atoms with E-state index in [1.165, 1.54) is 6.08 Å². The number of nitrogens with one attached hydrogen (secondary N) is 2. The molecule has 2 N–H and O–H groups in total. The number of aromatic nitrogens is 1. The van der Waals surface area contributed by atoms with Gasteiger partial charge in [0.1, 0.15) is 12.4 Å². The number of amides is 2. The average Bonchev–Trinajstić information content (AvgIpc) is 2.76. The van der Waals surface area contributed by atoms with E-state index in [1.54, 1.807) is 42.7 Å². The number of hydrogen-bond acceptors (Lipinski definition) is 4. The Morgan fingerprint density at radius 2 is 1.71 bits per heavy atom. The molecule has 140 valence electrons. The molecule has 6 nitrogen and oxygen atoms in total. The predicted octanol–water partition coefficient (Wildman–Crippen LogP) is 3.14. The molecular formula is C22H19N3O3. The molecule has 0 aliphatic rings. The second kappa shape index (κ2) is 9.68. The summed E-state index contributed by atoms with van der Waals surface area (Å²) < 4.78 is 5.69. The molecule has 3 rings (SSSR count). The zero-order valence-electron chi connectivity index (χ0n) is 15.0. The van der Waals surface area contributed by atoms with Gasteiger partial charge in [-0.15, -0.1) is 0 Å². The minimum Gasteiger partial charge on any atom is -0.489 e. The second-order valence-corrected chi connectivity index (χ2v) is 5.86. The summed E-state index contributed by atoms with van der Waals surface area (Å²) in [4.78, 5) is 27.7. The summed E-state index contributed by atoms with van der Waals surface area (Å²) in [6.45, 7) is 0.437. The van der Waals surface area contributed by atoms with Crippen LogP contribution in [0.2, 0.25) is 0 Å². The summed E-state index contributed by atoms with van der Waals surface area (Å²) in [5.41, 5.74) is 6.99. The number of pyridine rings is 1. The fourth-order valence-corrected chi connectivity index (χ4v) is 2.32. The molecule has 0 aliphatic carbocycles. The smallest absolute Gasteiger partial charge is 0.269 e. The highest BCUT2D eigenvalue weighted by Gasteiger charge is 2.04. The first kappa shape index (κ1) is 18.8. The standard InChI is InChI=1S/C22H19N3O3/c26-21(24-25-22(27)19-6-2-1-3-7-19)13-10-17-8-11-20(12-9-17)28-16-18-5-4-14-23-15-18/h1-15H,16H2,(H,24,26)(H,25,27)/b13-10+. The summed E-state index contributed by atoms with van der Waals surface area (Å²) in [7, 11) is 0. The highest BCUT2D eigenvalue weighted by Crippen LogP contribution is 2.14. The molecule has 0 aliphatic heterocycles. The van der Waals surface area contributed by atoms with Crippen LogP contribution in [-0.2, 0) is 11.4 Å². The topological polar surface area (TPSA) is 80.3 Å². The largest absolute Gasteiger partial charge is 0.489 e. The van der Waals surface area contributed by atoms with Crippen molar-refractivity contribution in [1.82, 2.24) is 15.8 Å². The van der Waals surface area contributed by atoms with Crippen LogP contribution >= 0.6 is 0 Å². The average molecular weight is 373 g/mol. The number of rotatable bonds is 6. The minimum absolute atomic E-state index is 0.377. The SMILES string of the molecule is O=C(/C=C/c1ccc(OCc2cccnc2)cc1)NNC(=O)c1ccccc1. The van der Waals surface area contributed by atoms with E-state index in [-0.39, 0.29) is 5.91 Å². The van der Waals surface area contributed by atoms with E-state index in [1.807, 2.05) is 42.5 Å². The lowest BCUT2D eigenvalue weighted by atomic mass is 10.2. The highest BCUT2D eigenvalue weighted by atomic mass is 16.5. The Balaban J connectivity index is 1.46. The van der Waals surface area contributed by atoms with Crippen molar-refractivity contribution in [2.75, 3.05) is 0 Å². The van der Waals surface area contributed by atoms with Crippen LogP contribution in [0.5, 0.6) is 5.75 Å². The highest BCUT2D eigenvalue weighted by molar-refractivity contribution is 5.97. The van der Waals surface area contributed by atoms with Crippen LogP contribution in [0, 0.1) is 0 Å². The summed E-state index contributed by atoms with van der Waals surface area (Å²) >= 11 is 0. The number of hydrogen-bond donors (Lipinski definition) is 2. The van der Waals surface area contributed by atoms with Gasteiger partial charge < -0.3 is 4.74 Å². The van der Waals surface area contributed by atoms with Crippen LogP contribution in [0.1, 0.15) is 21.5 Å². The zero-order valence-corrected chi connectivity index (χ0v) is 15.0. The van der Waals surface area contributed by atoms with Crippen molar-refractivity contribution in [2.24, 2.45) is 0 Å². The molecule has 28 heavy (non-hydrogen) atoms. The first-order valence-electron chi connectivity index (χ1n) is 8.66. The summed E-state index contributed by atoms with van der Waals surface area (Å²) in [6.07, 6.45) is 6.46. The maximum Gasteiger partial charge on any atom is 0.269 e. The lowest BCUT2D eigenvalue weighted by molar-refractivity contribution is -0.117. The molecule has 0 saturated carbocycles. The second-order valence-electron chi connectivity index (χ2n) is 5.86. The molecular weight excluding hydrogens is 354 g/mol. The Hall–Kier alpha value is -3.93. The Labute approximate surface area is 162 Å². The number of benzene rings is 2. The van der Waals surface area contributed by atoms with Crippen LogP contribution in [0.3, 0.4) is 0 Å². The molecule has 0 unspecified atom stereocenters. The lowest BCUT2D eigenvalue weighted by Crippen LogP contribution is -2.40. The Morgan fingerprint density at radius 3 is 2.43 bits per heavy atom. The monoisotopic (exact) mass is 373 g/mol. The van der Waals surface area contributed by atoms with Crippen molar-refractivity contribution in [2.45, 2.75) is 6.61 Å². The first-order valence-corrected chi connectivity index (χ1v) is 8.66. The van der Waals surface area contributed by atoms with Crippen LogP contribution in [0.25, 0.3) is 6.08 Å². The molecule has 2 amide bonds. The van der Waals surface area contributed by atoms with Gasteiger partial charge >= 0.3 is 0 Å². The van der Waals surface area contributed by atoms with E-state index < -0.39 is 5.91 Å². The van der Waals surface area contributed by atoms with Crippen LogP contribution in [0.15, 0.2) is 85.2 Å². The Kier molecular flexibility index (Phi) is 6.52. The predicted molar refractivity (Wildman–Crippen MR) is 106 cm³/mol. The van der Waals surface area contributed by atoms with E-state index >= 15 is 0 Å². The van der Waals surface area contributed by atoms with E-state index in [9.17, 15) is 9.59 Å². The molecule has 6 heteroatoms. The van der Waals surface area contributed by atoms with Gasteiger partial charge in [0.2, 0.25) is 0 Å². The van der Waals surface area contributed by atoms with Gasteiger partial charge in [0.05, 0.1) is 0 Å². The van der Waals surface area contributed by atoms with Gasteiger partial charge in [-0.3, -0.25) is 25.4 Å². The van der Waals surface area contributed by atoms with Crippen molar-refractivity contribution in [3.05, 3.63) is 102 Å². The van der Waals surface area contributed by atoms with Gasteiger partial charge in [0.15, 0.2) is 0 Å². The third kappa shape index (κ3) is 5.81. The first-order chi connectivity index (χ1) is 13.7. The molecule has 2 aromatic carbocycles. The molecule has 0 saturated heterocycles. The normalized spacial score (nSPS) is 10.4. The van der Waals surface area contributed by atoms with Crippen molar-refractivity contribution in [3.8, 4) is 5.75 Å². The fraction of sp³-hybridized carbons (Fsp3) is 0.0455. The number of carbonyl (C=O) groups is 2. The molecule has 0 bridgehead atoms. The molecule has 3 aromatic rings. The van der Waals surface area contributed by atoms with E-state index in [0.29, 0.717) is 12.2 Å². The van der Waals surface area contributed by atoms with Gasteiger partial charge in [-0.05, 0) is 42.0 Å². The molecule has 0 atom stereocenters. The number of ether oxygens (including phenoxy) is 1. The maximum absolute atomic E-state index is 11.9. The van der Waals surface area contributed by atoms with Crippen molar-refractivity contribution < 1.29 is 14.3 Å². The van der Waals surface area contributed by atoms with E-state index in [0.717, 1.165) is 16.9 Å². The minimum atomic E-state index is -0.429. The molecule has 1 aromatic heterocycles. The van der Waals surface area contributed by atoms with Gasteiger partial charge in [-0.1, -0.05) is 36.4 Å². The molecule has 0 radical (unpaired) electrons. The Bertz CT molecular complexity index is 940. The fourth-order valence-electron chi connectivity index (χ4n) is 2.32. The van der Waals surface area contributed by atoms with E-state index in [4.69, 9.17) is 4.74 Å². The summed E-state index contributed by atoms with van der Waals surface area (Å²) in [5, 5.41) is 0. The quantitative estimate of drug-likeness (QED) is 0.514. The zero-order chi connectivity index (χ0) is 19.6. The maximum atomic E-state index is 11.9. The third-order valence-electron chi connectivity index (χ3n) is 3.77. The van der Waals surface area contributed by atoms with Crippen molar-refractivity contribution in [1.29, 1.82) is 0 Å². The lowest BCUT2D eigenvalue weighted by Gasteiger charge is -2.06. The van der Waals surface area contributed by atoms with Crippen LogP contribution in [-0.4, -0.2) is 16.8 Å². The van der Waals surface area contributed by atoms with Crippen LogP contribution < -0.4 is 15.6 Å². The number of nitrogens with zero attached hydrogens (tertiary/aromatic N) is 1. The van der Waals surface area contributed by atoms with Crippen molar-refractivity contribution >= 4 is 17.9 Å². The van der Waals surface area contributed by atoms with Crippen molar-refractivity contribution in [3.63, 3.8) is 0 Å². The molecule has 0 fully saturated rings. The Morgan fingerprint density at radius 1 is 0.929 bits per heavy atom. The number of hydrazine groups is 1. The summed E-state index contributed by atoms with van der Waals surface area (Å²) in [6, 6.07) is 19.8. The third-order valence-corrected chi connectivity index (χ3v) is 3.77. The van der Waals surface area contributed by atoms with Gasteiger partial charge in [-0.2, -0.15) is 0 Å². The van der Waals surface area contributed by atoms with Gasteiger partial charge in [-0.25, -0.2) is 0 Å². The molecule has 0 spiro atoms. The number of carbonyl (C=O) groups excluding carboxylic acids is 2. The van der Waals surface area contributed by atoms with Gasteiger partial charge in [0.25, 0.3) is 11.8 Å². The molecule has 1 heterocycles.